The Morgan fingerprint density at radius 1 is 0.917 bits per heavy atom. The van der Waals surface area contributed by atoms with Gasteiger partial charge in [-0.3, -0.25) is 0 Å². The van der Waals surface area contributed by atoms with E-state index in [2.05, 4.69) is 51.9 Å². The molecule has 0 rings (SSSR count). The van der Waals surface area contributed by atoms with Gasteiger partial charge in [-0.15, -0.1) is 0 Å². The number of carbonyl (C=O) groups excluding carboxylic acids is 2. The quantitative estimate of drug-likeness (QED) is 0.466. The molecular weight excluding hydrogens is 240 g/mol. The van der Waals surface area contributed by atoms with Gasteiger partial charge in [-0.1, -0.05) is 12.9 Å². The molecule has 4 nitrogen and oxygen atoms in total. The molecule has 0 saturated heterocycles. The summed E-state index contributed by atoms with van der Waals surface area (Å²) in [4.78, 5) is 18.5. The summed E-state index contributed by atoms with van der Waals surface area (Å²) < 4.78 is 8.05. The van der Waals surface area contributed by atoms with Crippen molar-refractivity contribution >= 4 is 23.7 Å². The molecule has 0 heterocycles. The van der Waals surface area contributed by atoms with Crippen LogP contribution in [0.3, 0.4) is 0 Å². The molecule has 0 aliphatic rings. The van der Waals surface area contributed by atoms with Crippen molar-refractivity contribution in [3.63, 3.8) is 0 Å². The maximum absolute atomic E-state index is 9.27. The molecule has 0 aromatic rings. The van der Waals surface area contributed by atoms with E-state index in [1.54, 1.807) is 0 Å². The van der Waals surface area contributed by atoms with Crippen molar-refractivity contribution in [1.82, 2.24) is 0 Å². The summed E-state index contributed by atoms with van der Waals surface area (Å²) in [7, 11) is 0. The van der Waals surface area contributed by atoms with Crippen LogP contribution < -0.4 is 0 Å². The van der Waals surface area contributed by atoms with Crippen LogP contribution in [0.4, 0.5) is 0 Å². The molecule has 0 bridgehead atoms. The molecule has 0 atom stereocenters. The van der Waals surface area contributed by atoms with Gasteiger partial charge in [0, 0.05) is 0 Å². The molecule has 0 aliphatic carbocycles. The Labute approximate surface area is 87.8 Å². The van der Waals surface area contributed by atoms with Crippen molar-refractivity contribution in [2.24, 2.45) is 0 Å². The molecule has 0 amide bonds. The van der Waals surface area contributed by atoms with Gasteiger partial charge < -0.3 is 19.1 Å². The van der Waals surface area contributed by atoms with Gasteiger partial charge >= 0.3 is 42.5 Å². The van der Waals surface area contributed by atoms with Gasteiger partial charge in [0.15, 0.2) is 0 Å². The van der Waals surface area contributed by atoms with Crippen molar-refractivity contribution in [1.29, 1.82) is 0 Å². The van der Waals surface area contributed by atoms with E-state index in [4.69, 9.17) is 0 Å². The molecule has 6 heteroatoms. The average molecular weight is 248 g/mol. The Morgan fingerprint density at radius 2 is 1.17 bits per heavy atom. The zero-order chi connectivity index (χ0) is 10.2. The number of hydrogen-bond donors (Lipinski definition) is 0. The van der Waals surface area contributed by atoms with E-state index in [0.29, 0.717) is 0 Å². The van der Waals surface area contributed by atoms with Crippen LogP contribution in [0.25, 0.3) is 0 Å². The third-order valence-electron chi connectivity index (χ3n) is 0.405. The molecule has 0 aromatic heterocycles. The van der Waals surface area contributed by atoms with E-state index in [1.165, 1.54) is 12.9 Å². The molecular formula is C6H8Cr2O4-2. The van der Waals surface area contributed by atoms with Crippen LogP contribution in [0.5, 0.6) is 0 Å². The zero-order valence-corrected chi connectivity index (χ0v) is 8.83. The van der Waals surface area contributed by atoms with E-state index in [0.717, 1.165) is 0 Å². The second-order valence-electron chi connectivity index (χ2n) is 0.864. The Hall–Kier alpha value is -0.255. The third kappa shape index (κ3) is 33.1. The minimum atomic E-state index is 0.0404. The third-order valence-corrected chi connectivity index (χ3v) is 0.405. The summed E-state index contributed by atoms with van der Waals surface area (Å²) in [6.07, 6.45) is 0. The number of rotatable bonds is 5. The van der Waals surface area contributed by atoms with Crippen LogP contribution in [-0.2, 0) is 50.8 Å². The van der Waals surface area contributed by atoms with E-state index in [9.17, 15) is 9.59 Å². The fourth-order valence-corrected chi connectivity index (χ4v) is 0.167. The van der Waals surface area contributed by atoms with Crippen molar-refractivity contribution in [2.75, 3.05) is 13.2 Å². The monoisotopic (exact) mass is 248 g/mol. The normalized spacial score (nSPS) is 5.67. The van der Waals surface area contributed by atoms with Gasteiger partial charge in [-0.25, -0.2) is 0 Å². The zero-order valence-electron chi connectivity index (χ0n) is 6.28. The van der Waals surface area contributed by atoms with Crippen LogP contribution in [0, 0.1) is 0 Å². The predicted molar refractivity (Wildman–Crippen MR) is 37.5 cm³/mol. The standard InChI is InChI=1S/C4H4O4.2CH2.2Cr/c5-3-7-1-2-8-4-6;;;;/h1-2H2;2*1H2;;/q-2;;;;. The Kier molecular flexibility index (Phi) is 45.7. The van der Waals surface area contributed by atoms with Gasteiger partial charge in [0.05, 0.1) is 13.2 Å². The fourth-order valence-electron chi connectivity index (χ4n) is 0.167. The van der Waals surface area contributed by atoms with Gasteiger partial charge in [0.1, 0.15) is 0 Å². The molecule has 12 heavy (non-hydrogen) atoms. The Bertz CT molecular complexity index is 87.5. The molecule has 0 spiro atoms. The van der Waals surface area contributed by atoms with E-state index < -0.39 is 0 Å². The van der Waals surface area contributed by atoms with E-state index in [-0.39, 0.29) is 13.2 Å². The van der Waals surface area contributed by atoms with E-state index in [1.807, 2.05) is 0 Å². The van der Waals surface area contributed by atoms with Crippen LogP contribution in [0.15, 0.2) is 0 Å². The van der Waals surface area contributed by atoms with Crippen LogP contribution in [0.2, 0.25) is 0 Å². The second-order valence-corrected chi connectivity index (χ2v) is 0.864. The second kappa shape index (κ2) is 30.9. The molecule has 0 radical (unpaired) electrons. The molecule has 0 unspecified atom stereocenters. The molecule has 0 N–H and O–H groups in total. The predicted octanol–water partition coefficient (Wildman–Crippen LogP) is -0.916. The van der Waals surface area contributed by atoms with Crippen molar-refractivity contribution in [3.05, 3.63) is 0 Å². The first-order valence-electron chi connectivity index (χ1n) is 2.47. The summed E-state index contributed by atoms with van der Waals surface area (Å²) in [5, 5.41) is 6.25. The SMILES string of the molecule is O=[C-]OCCO[C-]=O.[CH2]=[Cr].[CH2]=[Cr]. The Morgan fingerprint density at radius 3 is 1.33 bits per heavy atom. The van der Waals surface area contributed by atoms with Crippen LogP contribution in [-0.4, -0.2) is 36.9 Å². The summed E-state index contributed by atoms with van der Waals surface area (Å²) in [5.74, 6) is 0. The maximum atomic E-state index is 9.27. The summed E-state index contributed by atoms with van der Waals surface area (Å²) >= 11 is 4.75. The van der Waals surface area contributed by atoms with Crippen molar-refractivity contribution < 1.29 is 50.8 Å². The fraction of sp³-hybridized carbons (Fsp3) is 0.333. The number of hydrogen-bond acceptors (Lipinski definition) is 4. The van der Waals surface area contributed by atoms with Crippen molar-refractivity contribution in [2.45, 2.75) is 0 Å². The van der Waals surface area contributed by atoms with Gasteiger partial charge in [0.2, 0.25) is 0 Å². The molecule has 0 fully saturated rings. The molecule has 0 aromatic carbocycles. The molecule has 0 saturated carbocycles. The Balaban J connectivity index is -0.000000175. The molecule has 70 valence electrons. The summed E-state index contributed by atoms with van der Waals surface area (Å²) in [6, 6.07) is 0. The van der Waals surface area contributed by atoms with Gasteiger partial charge in [-0.2, -0.15) is 0 Å². The van der Waals surface area contributed by atoms with Crippen LogP contribution >= 0.6 is 0 Å². The van der Waals surface area contributed by atoms with E-state index >= 15 is 0 Å². The topological polar surface area (TPSA) is 52.6 Å². The van der Waals surface area contributed by atoms with Crippen molar-refractivity contribution in [3.8, 4) is 0 Å². The van der Waals surface area contributed by atoms with Gasteiger partial charge in [0.25, 0.3) is 0 Å². The summed E-state index contributed by atoms with van der Waals surface area (Å²) in [5.41, 5.74) is 0. The number of ether oxygens (including phenoxy) is 2. The van der Waals surface area contributed by atoms with Crippen LogP contribution in [0.1, 0.15) is 0 Å². The first-order chi connectivity index (χ1) is 5.91. The minimum absolute atomic E-state index is 0.0404. The average Bonchev–Trinajstić information content (AvgIpc) is 2.19. The first kappa shape index (κ1) is 17.7. The first-order valence-corrected chi connectivity index (χ1v) is 4.27. The molecule has 0 aliphatic heterocycles. The van der Waals surface area contributed by atoms with Gasteiger partial charge in [-0.05, 0) is 0 Å². The summed E-state index contributed by atoms with van der Waals surface area (Å²) in [6.45, 7) is 2.41.